The van der Waals surface area contributed by atoms with Crippen LogP contribution in [0.25, 0.3) is 0 Å². The van der Waals surface area contributed by atoms with E-state index in [9.17, 15) is 31.6 Å². The van der Waals surface area contributed by atoms with Gasteiger partial charge in [0.05, 0.1) is 10.6 Å². The molecular weight excluding hydrogens is 598 g/mol. The minimum Gasteiger partial charge on any atom is -0.457 e. The molecular formula is C25H26Cl2F3N3O6S. The number of alkyl halides is 3. The number of aromatic nitrogens is 1. The van der Waals surface area contributed by atoms with Gasteiger partial charge in [0.25, 0.3) is 5.91 Å². The van der Waals surface area contributed by atoms with Crippen molar-refractivity contribution in [3.63, 3.8) is 0 Å². The van der Waals surface area contributed by atoms with Gasteiger partial charge in [0.1, 0.15) is 17.2 Å². The number of hydroxylamine groups is 1. The number of likely N-dealkylation sites (tertiary alicyclic amines) is 1. The van der Waals surface area contributed by atoms with Crippen LogP contribution < -0.4 is 15.0 Å². The maximum Gasteiger partial charge on any atom is 0.573 e. The number of carbonyl (C=O) groups is 1. The van der Waals surface area contributed by atoms with Crippen molar-refractivity contribution in [3.8, 4) is 17.2 Å². The Morgan fingerprint density at radius 1 is 0.950 bits per heavy atom. The molecule has 0 spiro atoms. The highest BCUT2D eigenvalue weighted by molar-refractivity contribution is 7.93. The Labute approximate surface area is 241 Å². The lowest BCUT2D eigenvalue weighted by Gasteiger charge is -2.39. The van der Waals surface area contributed by atoms with Crippen LogP contribution in [-0.2, 0) is 21.2 Å². The van der Waals surface area contributed by atoms with Crippen LogP contribution in [0.1, 0.15) is 18.5 Å². The van der Waals surface area contributed by atoms with Crippen molar-refractivity contribution in [2.24, 2.45) is 0 Å². The zero-order chi connectivity index (χ0) is 27.4. The van der Waals surface area contributed by atoms with Crippen molar-refractivity contribution in [1.82, 2.24) is 15.4 Å². The molecule has 1 amide bonds. The van der Waals surface area contributed by atoms with Crippen molar-refractivity contribution in [1.29, 1.82) is 0 Å². The zero-order valence-corrected chi connectivity index (χ0v) is 23.2. The van der Waals surface area contributed by atoms with Gasteiger partial charge in [0.15, 0.2) is 14.6 Å². The molecule has 2 aromatic carbocycles. The van der Waals surface area contributed by atoms with E-state index in [2.05, 4.69) is 9.72 Å². The molecule has 1 aliphatic heterocycles. The first kappa shape index (κ1) is 33.1. The monoisotopic (exact) mass is 623 g/mol. The molecule has 15 heteroatoms. The maximum atomic E-state index is 13.6. The molecule has 0 aliphatic carbocycles. The highest BCUT2D eigenvalue weighted by Crippen LogP contribution is 2.37. The van der Waals surface area contributed by atoms with E-state index in [0.29, 0.717) is 19.6 Å². The second-order valence-corrected chi connectivity index (χ2v) is 10.9. The normalized spacial score (nSPS) is 15.2. The third-order valence-electron chi connectivity index (χ3n) is 6.23. The number of hydrogen-bond donors (Lipinski definition) is 2. The molecule has 218 valence electrons. The van der Waals surface area contributed by atoms with Crippen molar-refractivity contribution in [3.05, 3.63) is 78.6 Å². The molecule has 0 unspecified atom stereocenters. The number of piperidine rings is 1. The van der Waals surface area contributed by atoms with E-state index in [0.717, 1.165) is 17.8 Å². The first-order chi connectivity index (χ1) is 18.0. The number of pyridine rings is 1. The Morgan fingerprint density at radius 3 is 2.00 bits per heavy atom. The summed E-state index contributed by atoms with van der Waals surface area (Å²) in [6, 6.07) is 15.5. The number of hydrogen-bond acceptors (Lipinski definition) is 8. The Balaban J connectivity index is 0.00000280. The van der Waals surface area contributed by atoms with Crippen LogP contribution in [0.15, 0.2) is 77.8 Å². The van der Waals surface area contributed by atoms with Gasteiger partial charge in [0, 0.05) is 25.8 Å². The topological polar surface area (TPSA) is 118 Å². The lowest BCUT2D eigenvalue weighted by molar-refractivity contribution is -0.274. The predicted molar refractivity (Wildman–Crippen MR) is 143 cm³/mol. The first-order valence-electron chi connectivity index (χ1n) is 11.5. The van der Waals surface area contributed by atoms with Crippen LogP contribution >= 0.6 is 24.8 Å². The van der Waals surface area contributed by atoms with Crippen LogP contribution in [-0.4, -0.2) is 53.6 Å². The van der Waals surface area contributed by atoms with E-state index in [1.165, 1.54) is 41.9 Å². The molecule has 0 bridgehead atoms. The van der Waals surface area contributed by atoms with Gasteiger partial charge in [-0.1, -0.05) is 6.07 Å². The van der Waals surface area contributed by atoms with Gasteiger partial charge in [-0.25, -0.2) is 13.9 Å². The predicted octanol–water partition coefficient (Wildman–Crippen LogP) is 4.93. The molecule has 2 heterocycles. The fraction of sp³-hybridized carbons (Fsp3) is 0.280. The fourth-order valence-corrected chi connectivity index (χ4v) is 6.23. The van der Waals surface area contributed by atoms with Gasteiger partial charge in [0.2, 0.25) is 0 Å². The van der Waals surface area contributed by atoms with E-state index in [-0.39, 0.29) is 54.1 Å². The quantitative estimate of drug-likeness (QED) is 0.268. The minimum absolute atomic E-state index is 0. The molecule has 1 aliphatic rings. The summed E-state index contributed by atoms with van der Waals surface area (Å²) in [4.78, 5) is 18.8. The highest BCUT2D eigenvalue weighted by Gasteiger charge is 2.53. The first-order valence-corrected chi connectivity index (χ1v) is 13.0. The largest absolute Gasteiger partial charge is 0.573 e. The second-order valence-electron chi connectivity index (χ2n) is 8.63. The number of sulfone groups is 1. The molecule has 9 nitrogen and oxygen atoms in total. The molecule has 4 rings (SSSR count). The van der Waals surface area contributed by atoms with Crippen LogP contribution in [0, 0.1) is 0 Å². The van der Waals surface area contributed by atoms with Gasteiger partial charge in [-0.15, -0.1) is 38.0 Å². The summed E-state index contributed by atoms with van der Waals surface area (Å²) in [5.41, 5.74) is 2.34. The number of amides is 1. The van der Waals surface area contributed by atoms with Gasteiger partial charge in [-0.05, 0) is 73.5 Å². The highest BCUT2D eigenvalue weighted by atomic mass is 35.5. The van der Waals surface area contributed by atoms with Crippen molar-refractivity contribution in [2.75, 3.05) is 13.1 Å². The Kier molecular flexibility index (Phi) is 11.2. The van der Waals surface area contributed by atoms with Crippen molar-refractivity contribution in [2.45, 2.75) is 35.4 Å². The molecule has 2 N–H and O–H groups in total. The number of halogens is 5. The third kappa shape index (κ3) is 7.55. The number of rotatable bonds is 8. The smallest absolute Gasteiger partial charge is 0.457 e. The van der Waals surface area contributed by atoms with E-state index in [4.69, 9.17) is 4.74 Å². The SMILES string of the molecule is Cl.Cl.O=C(NO)C1(S(=O)(=O)c2ccc(Oc3ccc(OC(F)(F)F)cc3)cc2)CCN(Cc2ccccn2)CC1. The Morgan fingerprint density at radius 2 is 1.50 bits per heavy atom. The van der Waals surface area contributed by atoms with Crippen molar-refractivity contribution >= 4 is 40.6 Å². The minimum atomic E-state index is -4.82. The Hall–Kier alpha value is -3.10. The number of ether oxygens (including phenoxy) is 2. The summed E-state index contributed by atoms with van der Waals surface area (Å²) in [6.45, 7) is 1.07. The molecule has 1 saturated heterocycles. The number of nitrogens with zero attached hydrogens (tertiary/aromatic N) is 2. The summed E-state index contributed by atoms with van der Waals surface area (Å²) in [6.07, 6.45) is -3.24. The lowest BCUT2D eigenvalue weighted by atomic mass is 9.94. The van der Waals surface area contributed by atoms with Gasteiger partial charge in [-0.2, -0.15) is 0 Å². The lowest BCUT2D eigenvalue weighted by Crippen LogP contribution is -2.57. The van der Waals surface area contributed by atoms with E-state index in [1.54, 1.807) is 12.3 Å². The fourth-order valence-electron chi connectivity index (χ4n) is 4.27. The van der Waals surface area contributed by atoms with Crippen molar-refractivity contribution < 1.29 is 41.1 Å². The maximum absolute atomic E-state index is 13.6. The third-order valence-corrected chi connectivity index (χ3v) is 8.75. The van der Waals surface area contributed by atoms with Gasteiger partial charge in [-0.3, -0.25) is 19.9 Å². The zero-order valence-electron chi connectivity index (χ0n) is 20.7. The molecule has 40 heavy (non-hydrogen) atoms. The summed E-state index contributed by atoms with van der Waals surface area (Å²) in [5.74, 6) is -0.993. The number of carbonyl (C=O) groups excluding carboxylic acids is 1. The molecule has 1 aromatic heterocycles. The standard InChI is InChI=1S/C25H24F3N3O6S.2ClH/c26-25(27,28)37-21-6-4-19(5-7-21)36-20-8-10-22(11-9-20)38(34,35)24(23(32)30-33)12-15-31(16-13-24)17-18-3-1-2-14-29-18;;/h1-11,14,33H,12-13,15-17H2,(H,30,32);2*1H. The Bertz CT molecular complexity index is 1360. The number of nitrogens with one attached hydrogen (secondary N) is 1. The van der Waals surface area contributed by atoms with Gasteiger partial charge < -0.3 is 9.47 Å². The van der Waals surface area contributed by atoms with E-state index < -0.39 is 32.6 Å². The summed E-state index contributed by atoms with van der Waals surface area (Å²) >= 11 is 0. The molecule has 0 atom stereocenters. The van der Waals surface area contributed by atoms with Gasteiger partial charge >= 0.3 is 6.36 Å². The van der Waals surface area contributed by atoms with Crippen LogP contribution in [0.2, 0.25) is 0 Å². The summed E-state index contributed by atoms with van der Waals surface area (Å²) in [5, 5.41) is 9.37. The molecule has 0 radical (unpaired) electrons. The number of benzene rings is 2. The van der Waals surface area contributed by atoms with E-state index in [1.807, 2.05) is 17.0 Å². The average molecular weight is 624 g/mol. The van der Waals surface area contributed by atoms with E-state index >= 15 is 0 Å². The van der Waals surface area contributed by atoms with Crippen LogP contribution in [0.5, 0.6) is 17.2 Å². The molecule has 3 aromatic rings. The second kappa shape index (κ2) is 13.5. The van der Waals surface area contributed by atoms with Crippen LogP contribution in [0.4, 0.5) is 13.2 Å². The summed E-state index contributed by atoms with van der Waals surface area (Å²) < 4.78 is 71.8. The molecule has 1 fully saturated rings. The molecule has 0 saturated carbocycles. The summed E-state index contributed by atoms with van der Waals surface area (Å²) in [7, 11) is -4.24. The van der Waals surface area contributed by atoms with Crippen LogP contribution in [0.3, 0.4) is 0 Å². The average Bonchev–Trinajstić information content (AvgIpc) is 2.90.